The maximum absolute atomic E-state index is 11.5. The normalized spacial score (nSPS) is 19.2. The molecule has 92 valence electrons. The highest BCUT2D eigenvalue weighted by Gasteiger charge is 2.15. The van der Waals surface area contributed by atoms with E-state index >= 15 is 0 Å². The molecule has 0 bridgehead atoms. The van der Waals surface area contributed by atoms with Gasteiger partial charge in [0, 0.05) is 12.5 Å². The van der Waals surface area contributed by atoms with Crippen LogP contribution in [0.4, 0.5) is 0 Å². The van der Waals surface area contributed by atoms with Gasteiger partial charge in [0.2, 0.25) is 0 Å². The minimum Gasteiger partial charge on any atom is -0.461 e. The number of carbonyl (C=O) groups is 1. The Morgan fingerprint density at radius 3 is 2.88 bits per heavy atom. The van der Waals surface area contributed by atoms with Gasteiger partial charge in [-0.25, -0.2) is 0 Å². The molecule has 1 aromatic carbocycles. The molecule has 17 heavy (non-hydrogen) atoms. The van der Waals surface area contributed by atoms with Crippen molar-refractivity contribution in [2.75, 3.05) is 6.54 Å². The highest BCUT2D eigenvalue weighted by atomic mass is 16.5. The Balaban J connectivity index is 1.64. The lowest BCUT2D eigenvalue weighted by atomic mass is 10.1. The Bertz CT molecular complexity index is 344. The first-order valence-corrected chi connectivity index (χ1v) is 6.27. The second kappa shape index (κ2) is 6.40. The Kier molecular flexibility index (Phi) is 4.56. The Morgan fingerprint density at radius 2 is 2.18 bits per heavy atom. The summed E-state index contributed by atoms with van der Waals surface area (Å²) in [6, 6.07) is 10.3. The lowest BCUT2D eigenvalue weighted by Gasteiger charge is -2.09. The molecule has 0 spiro atoms. The van der Waals surface area contributed by atoms with E-state index in [0.717, 1.165) is 18.5 Å². The van der Waals surface area contributed by atoms with Crippen LogP contribution < -0.4 is 5.32 Å². The molecule has 1 N–H and O–H groups in total. The molecule has 1 aliphatic heterocycles. The Labute approximate surface area is 102 Å². The standard InChI is InChI=1S/C14H19NO2/c16-14(9-8-13-7-4-10-15-13)17-11-12-5-2-1-3-6-12/h1-3,5-6,13,15H,4,7-11H2. The van der Waals surface area contributed by atoms with Gasteiger partial charge in [0.25, 0.3) is 0 Å². The molecule has 0 radical (unpaired) electrons. The first kappa shape index (κ1) is 12.1. The molecule has 1 fully saturated rings. The van der Waals surface area contributed by atoms with Crippen molar-refractivity contribution in [3.05, 3.63) is 35.9 Å². The van der Waals surface area contributed by atoms with Crippen LogP contribution in [-0.2, 0) is 16.1 Å². The van der Waals surface area contributed by atoms with Crippen LogP contribution in [0.2, 0.25) is 0 Å². The fourth-order valence-corrected chi connectivity index (χ4v) is 2.11. The monoisotopic (exact) mass is 233 g/mol. The lowest BCUT2D eigenvalue weighted by Crippen LogP contribution is -2.22. The fourth-order valence-electron chi connectivity index (χ4n) is 2.11. The lowest BCUT2D eigenvalue weighted by molar-refractivity contribution is -0.145. The Hall–Kier alpha value is -1.35. The van der Waals surface area contributed by atoms with E-state index in [1.54, 1.807) is 0 Å². The number of ether oxygens (including phenoxy) is 1. The predicted octanol–water partition coefficient (Wildman–Crippen LogP) is 2.26. The summed E-state index contributed by atoms with van der Waals surface area (Å²) in [5.74, 6) is -0.0949. The molecular weight excluding hydrogens is 214 g/mol. The molecule has 3 nitrogen and oxygen atoms in total. The molecular formula is C14H19NO2. The molecule has 2 rings (SSSR count). The maximum atomic E-state index is 11.5. The van der Waals surface area contributed by atoms with Crippen LogP contribution >= 0.6 is 0 Å². The SMILES string of the molecule is O=C(CCC1CCCN1)OCc1ccccc1. The number of carbonyl (C=O) groups excluding carboxylic acids is 1. The van der Waals surface area contributed by atoms with Crippen molar-refractivity contribution in [3.8, 4) is 0 Å². The van der Waals surface area contributed by atoms with E-state index in [9.17, 15) is 4.79 Å². The van der Waals surface area contributed by atoms with Gasteiger partial charge in [0.15, 0.2) is 0 Å². The summed E-state index contributed by atoms with van der Waals surface area (Å²) < 4.78 is 5.22. The van der Waals surface area contributed by atoms with E-state index in [4.69, 9.17) is 4.74 Å². The summed E-state index contributed by atoms with van der Waals surface area (Å²) in [6.45, 7) is 1.47. The van der Waals surface area contributed by atoms with E-state index in [0.29, 0.717) is 19.1 Å². The molecule has 0 amide bonds. The predicted molar refractivity (Wildman–Crippen MR) is 66.5 cm³/mol. The molecule has 1 atom stereocenters. The molecule has 0 aromatic heterocycles. The number of benzene rings is 1. The van der Waals surface area contributed by atoms with Gasteiger partial charge < -0.3 is 10.1 Å². The summed E-state index contributed by atoms with van der Waals surface area (Å²) >= 11 is 0. The van der Waals surface area contributed by atoms with E-state index in [-0.39, 0.29) is 5.97 Å². The van der Waals surface area contributed by atoms with Gasteiger partial charge in [-0.15, -0.1) is 0 Å². The average molecular weight is 233 g/mol. The summed E-state index contributed by atoms with van der Waals surface area (Å²) in [5.41, 5.74) is 1.04. The van der Waals surface area contributed by atoms with Crippen LogP contribution in [0.25, 0.3) is 0 Å². The summed E-state index contributed by atoms with van der Waals surface area (Å²) in [7, 11) is 0. The van der Waals surface area contributed by atoms with Gasteiger partial charge >= 0.3 is 5.97 Å². The van der Waals surface area contributed by atoms with Crippen molar-refractivity contribution in [1.29, 1.82) is 0 Å². The minimum absolute atomic E-state index is 0.0949. The van der Waals surface area contributed by atoms with Gasteiger partial charge in [0.05, 0.1) is 0 Å². The van der Waals surface area contributed by atoms with Crippen molar-refractivity contribution in [3.63, 3.8) is 0 Å². The third-order valence-electron chi connectivity index (χ3n) is 3.10. The van der Waals surface area contributed by atoms with E-state index in [1.807, 2.05) is 30.3 Å². The number of esters is 1. The second-order valence-electron chi connectivity index (χ2n) is 4.48. The van der Waals surface area contributed by atoms with Gasteiger partial charge in [-0.1, -0.05) is 30.3 Å². The molecule has 1 saturated heterocycles. The van der Waals surface area contributed by atoms with Gasteiger partial charge in [-0.05, 0) is 31.4 Å². The molecule has 1 unspecified atom stereocenters. The first-order valence-electron chi connectivity index (χ1n) is 6.27. The van der Waals surface area contributed by atoms with Crippen molar-refractivity contribution in [1.82, 2.24) is 5.32 Å². The minimum atomic E-state index is -0.0949. The van der Waals surface area contributed by atoms with Crippen LogP contribution in [0.5, 0.6) is 0 Å². The van der Waals surface area contributed by atoms with Crippen LogP contribution in [0.3, 0.4) is 0 Å². The molecule has 0 saturated carbocycles. The van der Waals surface area contributed by atoms with Crippen LogP contribution in [-0.4, -0.2) is 18.6 Å². The van der Waals surface area contributed by atoms with Crippen LogP contribution in [0.1, 0.15) is 31.2 Å². The van der Waals surface area contributed by atoms with Crippen LogP contribution in [0.15, 0.2) is 30.3 Å². The van der Waals surface area contributed by atoms with Gasteiger partial charge in [-0.2, -0.15) is 0 Å². The highest BCUT2D eigenvalue weighted by Crippen LogP contribution is 2.11. The summed E-state index contributed by atoms with van der Waals surface area (Å²) in [6.07, 6.45) is 3.83. The van der Waals surface area contributed by atoms with Gasteiger partial charge in [-0.3, -0.25) is 4.79 Å². The van der Waals surface area contributed by atoms with Gasteiger partial charge in [0.1, 0.15) is 6.61 Å². The first-order chi connectivity index (χ1) is 8.34. The number of hydrogen-bond acceptors (Lipinski definition) is 3. The molecule has 1 heterocycles. The number of rotatable bonds is 5. The van der Waals surface area contributed by atoms with Crippen molar-refractivity contribution in [2.24, 2.45) is 0 Å². The maximum Gasteiger partial charge on any atom is 0.306 e. The topological polar surface area (TPSA) is 38.3 Å². The fraction of sp³-hybridized carbons (Fsp3) is 0.500. The Morgan fingerprint density at radius 1 is 1.35 bits per heavy atom. The zero-order chi connectivity index (χ0) is 11.9. The zero-order valence-electron chi connectivity index (χ0n) is 10.0. The zero-order valence-corrected chi connectivity index (χ0v) is 10.0. The van der Waals surface area contributed by atoms with Crippen molar-refractivity contribution in [2.45, 2.75) is 38.3 Å². The average Bonchev–Trinajstić information content (AvgIpc) is 2.88. The summed E-state index contributed by atoms with van der Waals surface area (Å²) in [5, 5.41) is 3.38. The van der Waals surface area contributed by atoms with Crippen molar-refractivity contribution >= 4 is 5.97 Å². The number of nitrogens with one attached hydrogen (secondary N) is 1. The molecule has 0 aliphatic carbocycles. The molecule has 1 aliphatic rings. The highest BCUT2D eigenvalue weighted by molar-refractivity contribution is 5.69. The smallest absolute Gasteiger partial charge is 0.306 e. The van der Waals surface area contributed by atoms with E-state index in [2.05, 4.69) is 5.32 Å². The van der Waals surface area contributed by atoms with E-state index in [1.165, 1.54) is 12.8 Å². The third kappa shape index (κ3) is 4.19. The largest absolute Gasteiger partial charge is 0.461 e. The molecule has 3 heteroatoms. The quantitative estimate of drug-likeness (QED) is 0.793. The third-order valence-corrected chi connectivity index (χ3v) is 3.10. The van der Waals surface area contributed by atoms with Crippen LogP contribution in [0, 0.1) is 0 Å². The van der Waals surface area contributed by atoms with E-state index < -0.39 is 0 Å². The number of hydrogen-bond donors (Lipinski definition) is 1. The van der Waals surface area contributed by atoms with Crippen molar-refractivity contribution < 1.29 is 9.53 Å². The molecule has 1 aromatic rings. The summed E-state index contributed by atoms with van der Waals surface area (Å²) in [4.78, 5) is 11.5. The second-order valence-corrected chi connectivity index (χ2v) is 4.48.